The van der Waals surface area contributed by atoms with Crippen LogP contribution in [-0.2, 0) is 0 Å². The summed E-state index contributed by atoms with van der Waals surface area (Å²) in [4.78, 5) is 0. The second kappa shape index (κ2) is 5.95. The smallest absolute Gasteiger partial charge is 0.164 e. The Labute approximate surface area is 122 Å². The average Bonchev–Trinajstić information content (AvgIpc) is 2.44. The average molecular weight is 345 g/mol. The largest absolute Gasteiger partial charge is 0.271 e. The molecule has 0 spiro atoms. The van der Waals surface area contributed by atoms with Crippen LogP contribution < -0.4 is 11.3 Å². The molecule has 0 aliphatic rings. The molecule has 0 aromatic heterocycles. The van der Waals surface area contributed by atoms with E-state index in [0.29, 0.717) is 0 Å². The summed E-state index contributed by atoms with van der Waals surface area (Å²) in [6, 6.07) is 6.39. The predicted octanol–water partition coefficient (Wildman–Crippen LogP) is 3.73. The van der Waals surface area contributed by atoms with Crippen LogP contribution in [0.5, 0.6) is 0 Å². The van der Waals surface area contributed by atoms with E-state index in [4.69, 9.17) is 5.84 Å². The maximum Gasteiger partial charge on any atom is 0.164 e. The number of nitrogens with two attached hydrogens (primary N) is 1. The monoisotopic (exact) mass is 344 g/mol. The van der Waals surface area contributed by atoms with E-state index < -0.39 is 23.5 Å². The molecule has 0 heterocycles. The van der Waals surface area contributed by atoms with Gasteiger partial charge in [0.2, 0.25) is 0 Å². The van der Waals surface area contributed by atoms with Gasteiger partial charge in [-0.05, 0) is 34.5 Å². The van der Waals surface area contributed by atoms with E-state index in [-0.39, 0.29) is 21.2 Å². The number of hydrogen-bond donors (Lipinski definition) is 2. The van der Waals surface area contributed by atoms with Crippen LogP contribution >= 0.6 is 15.9 Å². The number of hydrazine groups is 1. The quantitative estimate of drug-likeness (QED) is 0.657. The van der Waals surface area contributed by atoms with Gasteiger partial charge < -0.3 is 0 Å². The predicted molar refractivity (Wildman–Crippen MR) is 74.4 cm³/mol. The normalized spacial score (nSPS) is 12.5. The van der Waals surface area contributed by atoms with Crippen LogP contribution in [0.3, 0.4) is 0 Å². The van der Waals surface area contributed by atoms with E-state index in [1.54, 1.807) is 6.07 Å². The Morgan fingerprint density at radius 1 is 1.00 bits per heavy atom. The van der Waals surface area contributed by atoms with Crippen molar-refractivity contribution in [3.8, 4) is 0 Å². The second-order valence-corrected chi connectivity index (χ2v) is 5.20. The first-order valence-corrected chi connectivity index (χ1v) is 6.61. The maximum absolute atomic E-state index is 14.1. The Bertz CT molecular complexity index is 647. The van der Waals surface area contributed by atoms with Crippen LogP contribution in [0.4, 0.5) is 13.2 Å². The van der Waals surface area contributed by atoms with Gasteiger partial charge in [-0.15, -0.1) is 0 Å². The number of nitrogens with one attached hydrogen (secondary N) is 1. The molecule has 20 heavy (non-hydrogen) atoms. The van der Waals surface area contributed by atoms with Gasteiger partial charge in [-0.1, -0.05) is 24.3 Å². The number of hydrogen-bond acceptors (Lipinski definition) is 2. The third kappa shape index (κ3) is 2.59. The Kier molecular flexibility index (Phi) is 4.47. The molecule has 0 aliphatic carbocycles. The number of rotatable bonds is 3. The van der Waals surface area contributed by atoms with Crippen LogP contribution in [0.2, 0.25) is 0 Å². The Hall–Kier alpha value is -1.37. The van der Waals surface area contributed by atoms with Gasteiger partial charge >= 0.3 is 0 Å². The van der Waals surface area contributed by atoms with Crippen LogP contribution in [0.15, 0.2) is 34.8 Å². The fourth-order valence-corrected chi connectivity index (χ4v) is 2.36. The molecule has 106 valence electrons. The molecule has 0 aliphatic heterocycles. The summed E-state index contributed by atoms with van der Waals surface area (Å²) in [7, 11) is 0. The van der Waals surface area contributed by atoms with Gasteiger partial charge in [0.05, 0.1) is 10.5 Å². The van der Waals surface area contributed by atoms with Gasteiger partial charge in [0.1, 0.15) is 5.82 Å². The SMILES string of the molecule is Cc1ccc(C(NN)c2cccc(Br)c2F)c(F)c1F. The van der Waals surface area contributed by atoms with E-state index >= 15 is 0 Å². The molecule has 2 rings (SSSR count). The minimum atomic E-state index is -1.03. The first-order chi connectivity index (χ1) is 9.47. The lowest BCUT2D eigenvalue weighted by Crippen LogP contribution is -2.30. The minimum Gasteiger partial charge on any atom is -0.271 e. The van der Waals surface area contributed by atoms with Crippen LogP contribution in [0, 0.1) is 24.4 Å². The third-order valence-corrected chi connectivity index (χ3v) is 3.69. The van der Waals surface area contributed by atoms with Gasteiger partial charge in [-0.3, -0.25) is 5.84 Å². The summed E-state index contributed by atoms with van der Waals surface area (Å²) >= 11 is 3.05. The first-order valence-electron chi connectivity index (χ1n) is 5.82. The summed E-state index contributed by atoms with van der Waals surface area (Å²) in [5.74, 6) is 2.82. The summed E-state index contributed by atoms with van der Waals surface area (Å²) in [5.41, 5.74) is 2.58. The Morgan fingerprint density at radius 2 is 1.65 bits per heavy atom. The van der Waals surface area contributed by atoms with Gasteiger partial charge in [0.15, 0.2) is 11.6 Å². The zero-order valence-electron chi connectivity index (χ0n) is 10.6. The van der Waals surface area contributed by atoms with Crippen molar-refractivity contribution in [2.45, 2.75) is 13.0 Å². The molecular weight excluding hydrogens is 333 g/mol. The zero-order chi connectivity index (χ0) is 14.9. The molecule has 2 nitrogen and oxygen atoms in total. The van der Waals surface area contributed by atoms with E-state index in [1.165, 1.54) is 31.2 Å². The number of aryl methyl sites for hydroxylation is 1. The highest BCUT2D eigenvalue weighted by Gasteiger charge is 2.23. The van der Waals surface area contributed by atoms with Crippen LogP contribution in [-0.4, -0.2) is 0 Å². The van der Waals surface area contributed by atoms with Crippen molar-refractivity contribution in [3.05, 3.63) is 68.9 Å². The summed E-state index contributed by atoms with van der Waals surface area (Å²) in [6.07, 6.45) is 0. The second-order valence-electron chi connectivity index (χ2n) is 4.34. The highest BCUT2D eigenvalue weighted by atomic mass is 79.9. The number of benzene rings is 2. The van der Waals surface area contributed by atoms with Crippen LogP contribution in [0.25, 0.3) is 0 Å². The lowest BCUT2D eigenvalue weighted by atomic mass is 9.97. The molecule has 0 saturated heterocycles. The fourth-order valence-electron chi connectivity index (χ4n) is 1.97. The highest BCUT2D eigenvalue weighted by molar-refractivity contribution is 9.10. The summed E-state index contributed by atoms with van der Waals surface area (Å²) < 4.78 is 42.0. The van der Waals surface area contributed by atoms with Crippen molar-refractivity contribution in [1.82, 2.24) is 5.43 Å². The van der Waals surface area contributed by atoms with Gasteiger partial charge in [-0.2, -0.15) is 0 Å². The Morgan fingerprint density at radius 3 is 2.30 bits per heavy atom. The molecule has 3 N–H and O–H groups in total. The standard InChI is InChI=1S/C14H12BrF3N2/c1-7-5-6-9(13(18)11(7)16)14(20-19)8-3-2-4-10(15)12(8)17/h2-6,14,20H,19H2,1H3. The van der Waals surface area contributed by atoms with Crippen LogP contribution in [0.1, 0.15) is 22.7 Å². The van der Waals surface area contributed by atoms with Crippen molar-refractivity contribution in [1.29, 1.82) is 0 Å². The molecule has 0 saturated carbocycles. The van der Waals surface area contributed by atoms with Crippen molar-refractivity contribution >= 4 is 15.9 Å². The van der Waals surface area contributed by atoms with Gasteiger partial charge in [0.25, 0.3) is 0 Å². The number of halogens is 4. The van der Waals surface area contributed by atoms with Crippen molar-refractivity contribution in [2.75, 3.05) is 0 Å². The maximum atomic E-state index is 14.1. The molecule has 2 aromatic carbocycles. The fraction of sp³-hybridized carbons (Fsp3) is 0.143. The summed E-state index contributed by atoms with van der Waals surface area (Å²) in [6.45, 7) is 1.45. The first kappa shape index (κ1) is 15.0. The molecule has 0 fully saturated rings. The third-order valence-electron chi connectivity index (χ3n) is 3.08. The molecule has 1 unspecified atom stereocenters. The van der Waals surface area contributed by atoms with Crippen molar-refractivity contribution in [3.63, 3.8) is 0 Å². The van der Waals surface area contributed by atoms with E-state index in [1.807, 2.05) is 0 Å². The van der Waals surface area contributed by atoms with E-state index in [9.17, 15) is 13.2 Å². The molecule has 0 bridgehead atoms. The van der Waals surface area contributed by atoms with Crippen molar-refractivity contribution in [2.24, 2.45) is 5.84 Å². The van der Waals surface area contributed by atoms with Gasteiger partial charge in [0, 0.05) is 11.1 Å². The molecular formula is C14H12BrF3N2. The van der Waals surface area contributed by atoms with E-state index in [0.717, 1.165) is 0 Å². The Balaban J connectivity index is 2.59. The van der Waals surface area contributed by atoms with Crippen molar-refractivity contribution < 1.29 is 13.2 Å². The molecule has 2 aromatic rings. The molecule has 0 amide bonds. The van der Waals surface area contributed by atoms with Gasteiger partial charge in [-0.25, -0.2) is 18.6 Å². The molecule has 0 radical (unpaired) electrons. The van der Waals surface area contributed by atoms with E-state index in [2.05, 4.69) is 21.4 Å². The molecule has 1 atom stereocenters. The summed E-state index contributed by atoms with van der Waals surface area (Å²) in [5, 5.41) is 0. The zero-order valence-corrected chi connectivity index (χ0v) is 12.1. The highest BCUT2D eigenvalue weighted by Crippen LogP contribution is 2.30. The lowest BCUT2D eigenvalue weighted by molar-refractivity contribution is 0.473. The minimum absolute atomic E-state index is 0.0485. The molecule has 6 heteroatoms. The lowest BCUT2D eigenvalue weighted by Gasteiger charge is -2.19. The topological polar surface area (TPSA) is 38.0 Å².